The first-order valence-corrected chi connectivity index (χ1v) is 6.28. The second kappa shape index (κ2) is 5.04. The smallest absolute Gasteiger partial charge is 0.0968 e. The molecule has 17 heavy (non-hydrogen) atoms. The van der Waals surface area contributed by atoms with E-state index in [1.54, 1.807) is 5.17 Å². The van der Waals surface area contributed by atoms with Crippen LogP contribution < -0.4 is 5.43 Å². The van der Waals surface area contributed by atoms with Crippen LogP contribution in [0.2, 0.25) is 0 Å². The van der Waals surface area contributed by atoms with Crippen LogP contribution in [0.3, 0.4) is 0 Å². The Hall–Kier alpha value is -1.10. The maximum atomic E-state index is 5.72. The molecule has 2 aliphatic rings. The van der Waals surface area contributed by atoms with E-state index in [0.29, 0.717) is 6.61 Å². The molecule has 0 aliphatic carbocycles. The molecule has 0 amide bonds. The van der Waals surface area contributed by atoms with Gasteiger partial charge in [-0.25, -0.2) is 0 Å². The lowest BCUT2D eigenvalue weighted by atomic mass is 10.1. The van der Waals surface area contributed by atoms with Crippen LogP contribution in [0.25, 0.3) is 0 Å². The van der Waals surface area contributed by atoms with Gasteiger partial charge in [0.1, 0.15) is 0 Å². The van der Waals surface area contributed by atoms with E-state index in [1.807, 2.05) is 12.1 Å². The first kappa shape index (κ1) is 11.0. The molecular weight excluding hydrogens is 216 g/mol. The lowest BCUT2D eigenvalue weighted by Crippen LogP contribution is -2.31. The molecule has 4 nitrogen and oxygen atoms in total. The molecule has 1 saturated heterocycles. The molecule has 4 heteroatoms. The molecule has 2 heterocycles. The Labute approximate surface area is 101 Å². The van der Waals surface area contributed by atoms with Crippen LogP contribution in [0.1, 0.15) is 24.8 Å². The molecule has 1 unspecified atom stereocenters. The molecule has 0 saturated carbocycles. The highest BCUT2D eigenvalue weighted by Crippen LogP contribution is 2.24. The molecule has 0 bridgehead atoms. The van der Waals surface area contributed by atoms with Crippen molar-refractivity contribution in [2.24, 2.45) is 0 Å². The van der Waals surface area contributed by atoms with Gasteiger partial charge in [-0.15, -0.1) is 0 Å². The summed E-state index contributed by atoms with van der Waals surface area (Å²) < 4.78 is 5.64. The predicted molar refractivity (Wildman–Crippen MR) is 65.2 cm³/mol. The average Bonchev–Trinajstić information content (AvgIpc) is 2.80. The first-order valence-electron chi connectivity index (χ1n) is 6.28. The summed E-state index contributed by atoms with van der Waals surface area (Å²) in [5, 5.41) is 1.79. The van der Waals surface area contributed by atoms with E-state index < -0.39 is 0 Å². The van der Waals surface area contributed by atoms with Crippen LogP contribution in [0, 0.1) is 0 Å². The van der Waals surface area contributed by atoms with Crippen molar-refractivity contribution in [2.75, 3.05) is 18.6 Å². The first-order chi connectivity index (χ1) is 8.42. The molecule has 0 aromatic heterocycles. The third-order valence-electron chi connectivity index (χ3n) is 3.27. The van der Waals surface area contributed by atoms with Crippen molar-refractivity contribution >= 4 is 5.69 Å². The number of hydrogen-bond acceptors (Lipinski definition) is 4. The third kappa shape index (κ3) is 2.60. The van der Waals surface area contributed by atoms with Crippen LogP contribution in [-0.4, -0.2) is 24.5 Å². The fourth-order valence-corrected chi connectivity index (χ4v) is 2.29. The fourth-order valence-electron chi connectivity index (χ4n) is 2.29. The van der Waals surface area contributed by atoms with Crippen molar-refractivity contribution in [3.63, 3.8) is 0 Å². The third-order valence-corrected chi connectivity index (χ3v) is 3.27. The molecule has 1 aromatic rings. The van der Waals surface area contributed by atoms with Crippen molar-refractivity contribution in [1.29, 1.82) is 0 Å². The number of hydrogen-bond donors (Lipinski definition) is 1. The molecule has 3 rings (SSSR count). The number of fused-ring (bicyclic) bond motifs is 1. The summed E-state index contributed by atoms with van der Waals surface area (Å²) in [7, 11) is 0. The molecule has 92 valence electrons. The van der Waals surface area contributed by atoms with Crippen molar-refractivity contribution in [3.8, 4) is 0 Å². The highest BCUT2D eigenvalue weighted by molar-refractivity contribution is 5.52. The van der Waals surface area contributed by atoms with Gasteiger partial charge < -0.3 is 4.74 Å². The Bertz CT molecular complexity index is 352. The molecule has 0 radical (unpaired) electrons. The van der Waals surface area contributed by atoms with Crippen LogP contribution in [-0.2, 0) is 16.1 Å². The Balaban J connectivity index is 1.48. The van der Waals surface area contributed by atoms with Crippen LogP contribution >= 0.6 is 0 Å². The molecule has 1 atom stereocenters. The van der Waals surface area contributed by atoms with E-state index in [9.17, 15) is 0 Å². The number of para-hydroxylation sites is 1. The van der Waals surface area contributed by atoms with Gasteiger partial charge in [0.2, 0.25) is 0 Å². The standard InChI is InChI=1S/C13H18N2O2/c1-2-7-13-11(5-1)9-15(14-13)17-10-12-6-3-4-8-16-12/h1-2,5,7,12,14H,3-4,6,8-10H2. The van der Waals surface area contributed by atoms with Gasteiger partial charge in [-0.3, -0.25) is 10.3 Å². The second-order valence-corrected chi connectivity index (χ2v) is 4.59. The number of ether oxygens (including phenoxy) is 1. The Morgan fingerprint density at radius 3 is 3.12 bits per heavy atom. The summed E-state index contributed by atoms with van der Waals surface area (Å²) in [4.78, 5) is 5.72. The number of rotatable bonds is 3. The SMILES string of the molecule is c1ccc2c(c1)CN(OCC1CCCCO1)N2. The number of benzene rings is 1. The maximum absolute atomic E-state index is 5.72. The quantitative estimate of drug-likeness (QED) is 0.870. The maximum Gasteiger partial charge on any atom is 0.0968 e. The number of nitrogens with one attached hydrogen (secondary N) is 1. The molecule has 2 aliphatic heterocycles. The van der Waals surface area contributed by atoms with Gasteiger partial charge in [0.05, 0.1) is 24.9 Å². The molecule has 1 fully saturated rings. The fraction of sp³-hybridized carbons (Fsp3) is 0.538. The van der Waals surface area contributed by atoms with E-state index in [4.69, 9.17) is 9.57 Å². The normalized spacial score (nSPS) is 24.4. The van der Waals surface area contributed by atoms with E-state index in [0.717, 1.165) is 25.3 Å². The zero-order valence-corrected chi connectivity index (χ0v) is 9.89. The van der Waals surface area contributed by atoms with Gasteiger partial charge in [-0.1, -0.05) is 23.4 Å². The van der Waals surface area contributed by atoms with Crippen molar-refractivity contribution in [1.82, 2.24) is 5.17 Å². The topological polar surface area (TPSA) is 33.7 Å². The van der Waals surface area contributed by atoms with Gasteiger partial charge >= 0.3 is 0 Å². The van der Waals surface area contributed by atoms with E-state index in [-0.39, 0.29) is 6.10 Å². The van der Waals surface area contributed by atoms with E-state index in [2.05, 4.69) is 17.6 Å². The Morgan fingerprint density at radius 1 is 1.35 bits per heavy atom. The van der Waals surface area contributed by atoms with Gasteiger partial charge in [0.25, 0.3) is 0 Å². The zero-order chi connectivity index (χ0) is 11.5. The van der Waals surface area contributed by atoms with Gasteiger partial charge in [0, 0.05) is 6.61 Å². The van der Waals surface area contributed by atoms with Crippen molar-refractivity contribution in [3.05, 3.63) is 29.8 Å². The highest BCUT2D eigenvalue weighted by atomic mass is 16.7. The summed E-state index contributed by atoms with van der Waals surface area (Å²) >= 11 is 0. The van der Waals surface area contributed by atoms with Crippen molar-refractivity contribution < 1.29 is 9.57 Å². The number of hydroxylamine groups is 1. The lowest BCUT2D eigenvalue weighted by Gasteiger charge is -2.24. The monoisotopic (exact) mass is 234 g/mol. The van der Waals surface area contributed by atoms with Gasteiger partial charge in [-0.2, -0.15) is 0 Å². The second-order valence-electron chi connectivity index (χ2n) is 4.59. The van der Waals surface area contributed by atoms with Crippen LogP contribution in [0.15, 0.2) is 24.3 Å². The number of hydrazine groups is 1. The largest absolute Gasteiger partial charge is 0.376 e. The zero-order valence-electron chi connectivity index (χ0n) is 9.89. The summed E-state index contributed by atoms with van der Waals surface area (Å²) in [5.74, 6) is 0. The van der Waals surface area contributed by atoms with Gasteiger partial charge in [-0.05, 0) is 30.9 Å². The highest BCUT2D eigenvalue weighted by Gasteiger charge is 2.20. The number of anilines is 1. The lowest BCUT2D eigenvalue weighted by molar-refractivity contribution is -0.176. The summed E-state index contributed by atoms with van der Waals surface area (Å²) in [6.45, 7) is 2.31. The Morgan fingerprint density at radius 2 is 2.29 bits per heavy atom. The molecule has 1 N–H and O–H groups in total. The van der Waals surface area contributed by atoms with E-state index in [1.165, 1.54) is 18.4 Å². The molecular formula is C13H18N2O2. The van der Waals surface area contributed by atoms with Gasteiger partial charge in [0.15, 0.2) is 0 Å². The number of nitrogens with zero attached hydrogens (tertiary/aromatic N) is 1. The minimum Gasteiger partial charge on any atom is -0.376 e. The average molecular weight is 234 g/mol. The minimum absolute atomic E-state index is 0.259. The Kier molecular flexibility index (Phi) is 3.27. The summed E-state index contributed by atoms with van der Waals surface area (Å²) in [5.41, 5.74) is 5.64. The van der Waals surface area contributed by atoms with Crippen LogP contribution in [0.4, 0.5) is 5.69 Å². The minimum atomic E-state index is 0.259. The molecule has 1 aromatic carbocycles. The molecule has 0 spiro atoms. The van der Waals surface area contributed by atoms with E-state index >= 15 is 0 Å². The van der Waals surface area contributed by atoms with Crippen molar-refractivity contribution in [2.45, 2.75) is 31.9 Å². The summed E-state index contributed by atoms with van der Waals surface area (Å²) in [6, 6.07) is 8.26. The summed E-state index contributed by atoms with van der Waals surface area (Å²) in [6.07, 6.45) is 3.81. The predicted octanol–water partition coefficient (Wildman–Crippen LogP) is 2.33. The van der Waals surface area contributed by atoms with Crippen LogP contribution in [0.5, 0.6) is 0 Å².